The van der Waals surface area contributed by atoms with Crippen LogP contribution in [0.4, 0.5) is 0 Å². The summed E-state index contributed by atoms with van der Waals surface area (Å²) < 4.78 is 28.2. The summed E-state index contributed by atoms with van der Waals surface area (Å²) in [6, 6.07) is 3.82. The molecular weight excluding hydrogens is 270 g/mol. The lowest BCUT2D eigenvalue weighted by Crippen LogP contribution is -2.41. The summed E-state index contributed by atoms with van der Waals surface area (Å²) in [7, 11) is -3.41. The molecule has 20 heavy (non-hydrogen) atoms. The van der Waals surface area contributed by atoms with Crippen LogP contribution in [0, 0.1) is 26.7 Å². The zero-order valence-electron chi connectivity index (χ0n) is 12.9. The molecule has 112 valence electrons. The van der Waals surface area contributed by atoms with Gasteiger partial charge in [0.05, 0.1) is 4.90 Å². The number of sulfonamides is 1. The van der Waals surface area contributed by atoms with Gasteiger partial charge in [0.2, 0.25) is 10.0 Å². The Morgan fingerprint density at radius 2 is 1.60 bits per heavy atom. The minimum absolute atomic E-state index is 0.0785. The first-order valence-electron chi connectivity index (χ1n) is 7.41. The van der Waals surface area contributed by atoms with Gasteiger partial charge in [0.25, 0.3) is 0 Å². The number of nitrogens with one attached hydrogen (secondary N) is 1. The first kappa shape index (κ1) is 15.5. The maximum absolute atomic E-state index is 12.6. The average molecular weight is 295 g/mol. The first-order chi connectivity index (χ1) is 9.31. The van der Waals surface area contributed by atoms with Crippen LogP contribution in [0.25, 0.3) is 0 Å². The smallest absolute Gasteiger partial charge is 0.208 e. The molecule has 2 rings (SSSR count). The molecular formula is C16H25NO2S. The van der Waals surface area contributed by atoms with Crippen LogP contribution in [0.15, 0.2) is 17.0 Å². The maximum atomic E-state index is 12.6. The Morgan fingerprint density at radius 1 is 1.00 bits per heavy atom. The highest BCUT2D eigenvalue weighted by Crippen LogP contribution is 2.26. The second-order valence-electron chi connectivity index (χ2n) is 6.19. The Kier molecular flexibility index (Phi) is 4.55. The lowest BCUT2D eigenvalue weighted by molar-refractivity contribution is 0.310. The molecule has 0 heterocycles. The van der Waals surface area contributed by atoms with Gasteiger partial charge in [0.15, 0.2) is 0 Å². The van der Waals surface area contributed by atoms with Gasteiger partial charge in [0.1, 0.15) is 0 Å². The van der Waals surface area contributed by atoms with E-state index in [9.17, 15) is 8.42 Å². The standard InChI is InChI=1S/C16H25NO2S/c1-11-7-5-6-8-15(11)17-20(18,19)16-10-13(3)12(2)9-14(16)4/h9-11,15,17H,5-8H2,1-4H3/t11-,15+/m0/s1. The highest BCUT2D eigenvalue weighted by Gasteiger charge is 2.27. The molecule has 1 aliphatic carbocycles. The van der Waals surface area contributed by atoms with E-state index in [-0.39, 0.29) is 6.04 Å². The molecule has 3 nitrogen and oxygen atoms in total. The normalized spacial score (nSPS) is 23.8. The Labute approximate surface area is 122 Å². The van der Waals surface area contributed by atoms with Gasteiger partial charge >= 0.3 is 0 Å². The molecule has 1 fully saturated rings. The Morgan fingerprint density at radius 3 is 2.25 bits per heavy atom. The van der Waals surface area contributed by atoms with Gasteiger partial charge in [-0.05, 0) is 62.3 Å². The highest BCUT2D eigenvalue weighted by atomic mass is 32.2. The second-order valence-corrected chi connectivity index (χ2v) is 7.87. The van der Waals surface area contributed by atoms with Gasteiger partial charge < -0.3 is 0 Å². The number of hydrogen-bond acceptors (Lipinski definition) is 2. The van der Waals surface area contributed by atoms with Crippen molar-refractivity contribution in [3.63, 3.8) is 0 Å². The minimum Gasteiger partial charge on any atom is -0.208 e. The van der Waals surface area contributed by atoms with Crippen LogP contribution in [-0.2, 0) is 10.0 Å². The molecule has 0 bridgehead atoms. The van der Waals surface area contributed by atoms with Crippen LogP contribution >= 0.6 is 0 Å². The summed E-state index contributed by atoms with van der Waals surface area (Å²) in [4.78, 5) is 0.429. The van der Waals surface area contributed by atoms with Crippen molar-refractivity contribution in [1.82, 2.24) is 4.72 Å². The first-order valence-corrected chi connectivity index (χ1v) is 8.90. The lowest BCUT2D eigenvalue weighted by atomic mass is 9.87. The fourth-order valence-electron chi connectivity index (χ4n) is 2.98. The minimum atomic E-state index is -3.41. The number of aryl methyl sites for hydroxylation is 3. The number of hydrogen-bond donors (Lipinski definition) is 1. The van der Waals surface area contributed by atoms with Crippen molar-refractivity contribution < 1.29 is 8.42 Å². The van der Waals surface area contributed by atoms with Crippen LogP contribution in [0.3, 0.4) is 0 Å². The van der Waals surface area contributed by atoms with Crippen molar-refractivity contribution in [2.75, 3.05) is 0 Å². The fourth-order valence-corrected chi connectivity index (χ4v) is 4.67. The van der Waals surface area contributed by atoms with Crippen molar-refractivity contribution in [2.24, 2.45) is 5.92 Å². The number of rotatable bonds is 3. The maximum Gasteiger partial charge on any atom is 0.241 e. The van der Waals surface area contributed by atoms with Crippen molar-refractivity contribution in [3.05, 3.63) is 28.8 Å². The summed E-state index contributed by atoms with van der Waals surface area (Å²) in [5.74, 6) is 0.422. The van der Waals surface area contributed by atoms with Crippen LogP contribution in [0.5, 0.6) is 0 Å². The molecule has 0 aromatic heterocycles. The van der Waals surface area contributed by atoms with Crippen molar-refractivity contribution in [2.45, 2.75) is 64.3 Å². The predicted molar refractivity (Wildman–Crippen MR) is 82.4 cm³/mol. The van der Waals surface area contributed by atoms with E-state index in [1.807, 2.05) is 26.8 Å². The van der Waals surface area contributed by atoms with E-state index in [4.69, 9.17) is 0 Å². The van der Waals surface area contributed by atoms with E-state index in [1.54, 1.807) is 6.07 Å². The molecule has 1 N–H and O–H groups in total. The Hall–Kier alpha value is -0.870. The van der Waals surface area contributed by atoms with E-state index in [1.165, 1.54) is 6.42 Å². The molecule has 1 aliphatic rings. The molecule has 0 radical (unpaired) electrons. The summed E-state index contributed by atoms with van der Waals surface area (Å²) >= 11 is 0. The quantitative estimate of drug-likeness (QED) is 0.928. The van der Waals surface area contributed by atoms with Crippen LogP contribution in [0.2, 0.25) is 0 Å². The third kappa shape index (κ3) is 3.23. The molecule has 0 unspecified atom stereocenters. The van der Waals surface area contributed by atoms with Gasteiger partial charge in [0, 0.05) is 6.04 Å². The Balaban J connectivity index is 2.28. The SMILES string of the molecule is Cc1cc(C)c(S(=O)(=O)N[C@@H]2CCCC[C@@H]2C)cc1C. The van der Waals surface area contributed by atoms with E-state index >= 15 is 0 Å². The van der Waals surface area contributed by atoms with Crippen LogP contribution < -0.4 is 4.72 Å². The van der Waals surface area contributed by atoms with E-state index in [2.05, 4.69) is 11.6 Å². The van der Waals surface area contributed by atoms with E-state index in [0.717, 1.165) is 36.0 Å². The van der Waals surface area contributed by atoms with Crippen molar-refractivity contribution >= 4 is 10.0 Å². The van der Waals surface area contributed by atoms with Gasteiger partial charge in [-0.1, -0.05) is 25.8 Å². The lowest BCUT2D eigenvalue weighted by Gasteiger charge is -2.29. The second kappa shape index (κ2) is 5.86. The van der Waals surface area contributed by atoms with Gasteiger partial charge in [-0.25, -0.2) is 13.1 Å². The summed E-state index contributed by atoms with van der Waals surface area (Å²) in [5.41, 5.74) is 2.98. The van der Waals surface area contributed by atoms with Crippen LogP contribution in [-0.4, -0.2) is 14.5 Å². The molecule has 0 amide bonds. The summed E-state index contributed by atoms with van der Waals surface area (Å²) in [6.07, 6.45) is 4.38. The van der Waals surface area contributed by atoms with Crippen molar-refractivity contribution in [1.29, 1.82) is 0 Å². The molecule has 0 spiro atoms. The van der Waals surface area contributed by atoms with Crippen LogP contribution in [0.1, 0.15) is 49.3 Å². The fraction of sp³-hybridized carbons (Fsp3) is 0.625. The highest BCUT2D eigenvalue weighted by molar-refractivity contribution is 7.89. The summed E-state index contributed by atoms with van der Waals surface area (Å²) in [5, 5.41) is 0. The third-order valence-electron chi connectivity index (χ3n) is 4.50. The van der Waals surface area contributed by atoms with E-state index in [0.29, 0.717) is 10.8 Å². The Bertz CT molecular complexity index is 593. The largest absolute Gasteiger partial charge is 0.241 e. The molecule has 4 heteroatoms. The predicted octanol–water partition coefficient (Wildman–Crippen LogP) is 3.47. The van der Waals surface area contributed by atoms with Gasteiger partial charge in [-0.3, -0.25) is 0 Å². The zero-order valence-corrected chi connectivity index (χ0v) is 13.7. The molecule has 0 saturated heterocycles. The third-order valence-corrected chi connectivity index (χ3v) is 6.13. The number of benzene rings is 1. The zero-order chi connectivity index (χ0) is 14.9. The topological polar surface area (TPSA) is 46.2 Å². The molecule has 1 aromatic carbocycles. The molecule has 1 saturated carbocycles. The van der Waals surface area contributed by atoms with E-state index < -0.39 is 10.0 Å². The monoisotopic (exact) mass is 295 g/mol. The van der Waals surface area contributed by atoms with Gasteiger partial charge in [-0.15, -0.1) is 0 Å². The molecule has 0 aliphatic heterocycles. The molecule has 1 aromatic rings. The molecule has 2 atom stereocenters. The average Bonchev–Trinajstić information content (AvgIpc) is 2.36. The summed E-state index contributed by atoms with van der Waals surface area (Å²) in [6.45, 7) is 7.97. The van der Waals surface area contributed by atoms with Gasteiger partial charge in [-0.2, -0.15) is 0 Å². The van der Waals surface area contributed by atoms with Crippen molar-refractivity contribution in [3.8, 4) is 0 Å².